The van der Waals surface area contributed by atoms with E-state index in [0.717, 1.165) is 18.1 Å². The van der Waals surface area contributed by atoms with Crippen LogP contribution in [0, 0.1) is 0 Å². The lowest BCUT2D eigenvalue weighted by atomic mass is 10.1. The molecular weight excluding hydrogens is 222 g/mol. The molecule has 16 heavy (non-hydrogen) atoms. The summed E-state index contributed by atoms with van der Waals surface area (Å²) in [5.74, 6) is 0. The van der Waals surface area contributed by atoms with Crippen LogP contribution in [-0.2, 0) is 4.74 Å². The molecule has 2 unspecified atom stereocenters. The van der Waals surface area contributed by atoms with Crippen molar-refractivity contribution in [3.8, 4) is 0 Å². The first-order valence-corrected chi connectivity index (χ1v) is 6.01. The van der Waals surface area contributed by atoms with Crippen molar-refractivity contribution in [3.63, 3.8) is 0 Å². The lowest BCUT2D eigenvalue weighted by Crippen LogP contribution is -2.29. The minimum Gasteiger partial charge on any atom is -0.385 e. The summed E-state index contributed by atoms with van der Waals surface area (Å²) in [7, 11) is 1.73. The zero-order valence-electron chi connectivity index (χ0n) is 10.2. The van der Waals surface area contributed by atoms with Crippen molar-refractivity contribution in [2.45, 2.75) is 32.4 Å². The first-order chi connectivity index (χ1) is 7.63. The largest absolute Gasteiger partial charge is 0.385 e. The first kappa shape index (κ1) is 13.5. The Morgan fingerprint density at radius 1 is 1.38 bits per heavy atom. The Morgan fingerprint density at radius 3 is 2.75 bits per heavy atom. The maximum atomic E-state index is 5.96. The third-order valence-corrected chi connectivity index (χ3v) is 2.87. The van der Waals surface area contributed by atoms with E-state index in [0.29, 0.717) is 12.1 Å². The Bertz CT molecular complexity index is 317. The zero-order chi connectivity index (χ0) is 12.0. The molecule has 0 spiro atoms. The lowest BCUT2D eigenvalue weighted by molar-refractivity contribution is 0.183. The summed E-state index contributed by atoms with van der Waals surface area (Å²) in [6, 6.07) is 8.72. The molecule has 3 heteroatoms. The SMILES string of the molecule is COCCC(C)NC(C)c1cccc(Cl)c1. The van der Waals surface area contributed by atoms with Crippen molar-refractivity contribution in [1.29, 1.82) is 0 Å². The molecule has 0 amide bonds. The van der Waals surface area contributed by atoms with Gasteiger partial charge >= 0.3 is 0 Å². The topological polar surface area (TPSA) is 21.3 Å². The molecule has 0 aliphatic carbocycles. The van der Waals surface area contributed by atoms with E-state index in [9.17, 15) is 0 Å². The first-order valence-electron chi connectivity index (χ1n) is 5.64. The molecule has 1 aromatic carbocycles. The highest BCUT2D eigenvalue weighted by atomic mass is 35.5. The van der Waals surface area contributed by atoms with Gasteiger partial charge < -0.3 is 10.1 Å². The van der Waals surface area contributed by atoms with Gasteiger partial charge in [0.05, 0.1) is 0 Å². The Balaban J connectivity index is 2.48. The van der Waals surface area contributed by atoms with E-state index in [1.165, 1.54) is 5.56 Å². The molecule has 0 radical (unpaired) electrons. The van der Waals surface area contributed by atoms with Crippen LogP contribution in [0.15, 0.2) is 24.3 Å². The molecule has 0 heterocycles. The highest BCUT2D eigenvalue weighted by Gasteiger charge is 2.09. The fraction of sp³-hybridized carbons (Fsp3) is 0.538. The van der Waals surface area contributed by atoms with E-state index in [2.05, 4.69) is 25.2 Å². The molecular formula is C13H20ClNO. The number of halogens is 1. The van der Waals surface area contributed by atoms with Gasteiger partial charge in [-0.1, -0.05) is 23.7 Å². The monoisotopic (exact) mass is 241 g/mol. The molecule has 90 valence electrons. The van der Waals surface area contributed by atoms with E-state index < -0.39 is 0 Å². The molecule has 0 aliphatic heterocycles. The predicted octanol–water partition coefficient (Wildman–Crippen LogP) is 3.42. The van der Waals surface area contributed by atoms with E-state index >= 15 is 0 Å². The van der Waals surface area contributed by atoms with Crippen molar-refractivity contribution < 1.29 is 4.74 Å². The van der Waals surface area contributed by atoms with Gasteiger partial charge in [0.2, 0.25) is 0 Å². The third-order valence-electron chi connectivity index (χ3n) is 2.64. The fourth-order valence-electron chi connectivity index (χ4n) is 1.68. The number of methoxy groups -OCH3 is 1. The van der Waals surface area contributed by atoms with Gasteiger partial charge in [0.1, 0.15) is 0 Å². The van der Waals surface area contributed by atoms with E-state index in [-0.39, 0.29) is 0 Å². The van der Waals surface area contributed by atoms with Crippen molar-refractivity contribution in [2.24, 2.45) is 0 Å². The van der Waals surface area contributed by atoms with Gasteiger partial charge in [0.15, 0.2) is 0 Å². The normalized spacial score (nSPS) is 14.8. The predicted molar refractivity (Wildman–Crippen MR) is 69.0 cm³/mol. The molecule has 0 saturated carbocycles. The van der Waals surface area contributed by atoms with Crippen LogP contribution in [0.2, 0.25) is 5.02 Å². The minimum absolute atomic E-state index is 0.311. The summed E-state index contributed by atoms with van der Waals surface area (Å²) in [4.78, 5) is 0. The Kier molecular flexibility index (Phi) is 5.81. The molecule has 0 fully saturated rings. The van der Waals surface area contributed by atoms with Gasteiger partial charge in [-0.15, -0.1) is 0 Å². The number of nitrogens with one attached hydrogen (secondary N) is 1. The minimum atomic E-state index is 0.311. The van der Waals surface area contributed by atoms with Crippen LogP contribution >= 0.6 is 11.6 Å². The molecule has 0 aromatic heterocycles. The van der Waals surface area contributed by atoms with E-state index in [4.69, 9.17) is 16.3 Å². The van der Waals surface area contributed by atoms with Crippen molar-refractivity contribution >= 4 is 11.6 Å². The quantitative estimate of drug-likeness (QED) is 0.824. The number of benzene rings is 1. The van der Waals surface area contributed by atoms with Crippen LogP contribution in [0.5, 0.6) is 0 Å². The Morgan fingerprint density at radius 2 is 2.12 bits per heavy atom. The van der Waals surface area contributed by atoms with Crippen molar-refractivity contribution in [2.75, 3.05) is 13.7 Å². The average Bonchev–Trinajstić information content (AvgIpc) is 2.26. The van der Waals surface area contributed by atoms with Gasteiger partial charge in [-0.2, -0.15) is 0 Å². The van der Waals surface area contributed by atoms with Crippen LogP contribution in [0.4, 0.5) is 0 Å². The van der Waals surface area contributed by atoms with Gasteiger partial charge in [0, 0.05) is 30.8 Å². The molecule has 2 nitrogen and oxygen atoms in total. The van der Waals surface area contributed by atoms with Gasteiger partial charge in [-0.25, -0.2) is 0 Å². The Labute approximate surface area is 103 Å². The van der Waals surface area contributed by atoms with Crippen LogP contribution in [0.3, 0.4) is 0 Å². The maximum Gasteiger partial charge on any atom is 0.0476 e. The molecule has 0 saturated heterocycles. The van der Waals surface area contributed by atoms with E-state index in [1.807, 2.05) is 18.2 Å². The summed E-state index contributed by atoms with van der Waals surface area (Å²) >= 11 is 5.96. The highest BCUT2D eigenvalue weighted by Crippen LogP contribution is 2.18. The summed E-state index contributed by atoms with van der Waals surface area (Å²) in [6.07, 6.45) is 1.02. The molecule has 0 bridgehead atoms. The molecule has 0 aliphatic rings. The van der Waals surface area contributed by atoms with Gasteiger partial charge in [-0.05, 0) is 38.0 Å². The lowest BCUT2D eigenvalue weighted by Gasteiger charge is -2.20. The standard InChI is InChI=1S/C13H20ClNO/c1-10(7-8-16-3)15-11(2)12-5-4-6-13(14)9-12/h4-6,9-11,15H,7-8H2,1-3H3. The second-order valence-electron chi connectivity index (χ2n) is 4.13. The summed E-state index contributed by atoms with van der Waals surface area (Å²) in [5.41, 5.74) is 1.22. The third kappa shape index (κ3) is 4.52. The number of ether oxygens (including phenoxy) is 1. The van der Waals surface area contributed by atoms with Crippen molar-refractivity contribution in [1.82, 2.24) is 5.32 Å². The zero-order valence-corrected chi connectivity index (χ0v) is 10.9. The van der Waals surface area contributed by atoms with Gasteiger partial charge in [-0.3, -0.25) is 0 Å². The van der Waals surface area contributed by atoms with Crippen LogP contribution in [-0.4, -0.2) is 19.8 Å². The second-order valence-corrected chi connectivity index (χ2v) is 4.56. The van der Waals surface area contributed by atoms with Crippen LogP contribution in [0.25, 0.3) is 0 Å². The molecule has 1 N–H and O–H groups in total. The summed E-state index contributed by atoms with van der Waals surface area (Å²) in [5, 5.41) is 4.31. The number of hydrogen-bond donors (Lipinski definition) is 1. The number of rotatable bonds is 6. The van der Waals surface area contributed by atoms with E-state index in [1.54, 1.807) is 7.11 Å². The van der Waals surface area contributed by atoms with Crippen LogP contribution in [0.1, 0.15) is 31.9 Å². The fourth-order valence-corrected chi connectivity index (χ4v) is 1.88. The second kappa shape index (κ2) is 6.89. The summed E-state index contributed by atoms with van der Waals surface area (Å²) in [6.45, 7) is 5.10. The smallest absolute Gasteiger partial charge is 0.0476 e. The van der Waals surface area contributed by atoms with Crippen LogP contribution < -0.4 is 5.32 Å². The molecule has 1 aromatic rings. The van der Waals surface area contributed by atoms with Gasteiger partial charge in [0.25, 0.3) is 0 Å². The maximum absolute atomic E-state index is 5.96. The average molecular weight is 242 g/mol. The summed E-state index contributed by atoms with van der Waals surface area (Å²) < 4.78 is 5.06. The number of hydrogen-bond acceptors (Lipinski definition) is 2. The Hall–Kier alpha value is -0.570. The molecule has 1 rings (SSSR count). The highest BCUT2D eigenvalue weighted by molar-refractivity contribution is 6.30. The molecule has 2 atom stereocenters. The van der Waals surface area contributed by atoms with Crippen molar-refractivity contribution in [3.05, 3.63) is 34.9 Å².